The minimum Gasteiger partial charge on any atom is -0.478 e. The van der Waals surface area contributed by atoms with E-state index in [1.165, 1.54) is 24.4 Å². The van der Waals surface area contributed by atoms with Gasteiger partial charge in [0.15, 0.2) is 0 Å². The van der Waals surface area contributed by atoms with E-state index >= 15 is 0 Å². The summed E-state index contributed by atoms with van der Waals surface area (Å²) in [6.07, 6.45) is 1.20. The zero-order chi connectivity index (χ0) is 14.7. The van der Waals surface area contributed by atoms with Gasteiger partial charge >= 0.3 is 5.97 Å². The SMILES string of the molecule is O=C(O)c1ccc(NC(=O)c2ccc(=O)[nH]c2)c(F)c1. The number of aromatic nitrogens is 1. The molecule has 0 saturated carbocycles. The van der Waals surface area contributed by atoms with Crippen molar-refractivity contribution in [3.05, 3.63) is 63.8 Å². The van der Waals surface area contributed by atoms with Crippen molar-refractivity contribution in [2.24, 2.45) is 0 Å². The number of amides is 1. The Morgan fingerprint density at radius 1 is 1.15 bits per heavy atom. The lowest BCUT2D eigenvalue weighted by Gasteiger charge is -2.06. The fourth-order valence-corrected chi connectivity index (χ4v) is 1.50. The van der Waals surface area contributed by atoms with Crippen LogP contribution in [0, 0.1) is 5.82 Å². The molecule has 0 radical (unpaired) electrons. The number of aromatic amines is 1. The van der Waals surface area contributed by atoms with E-state index in [-0.39, 0.29) is 22.4 Å². The lowest BCUT2D eigenvalue weighted by atomic mass is 10.2. The van der Waals surface area contributed by atoms with Gasteiger partial charge in [0, 0.05) is 12.3 Å². The molecule has 0 spiro atoms. The van der Waals surface area contributed by atoms with Crippen LogP contribution in [0.15, 0.2) is 41.3 Å². The molecule has 102 valence electrons. The summed E-state index contributed by atoms with van der Waals surface area (Å²) < 4.78 is 13.6. The number of carboxylic acid groups (broad SMARTS) is 1. The van der Waals surface area contributed by atoms with Crippen LogP contribution in [0.2, 0.25) is 0 Å². The molecule has 20 heavy (non-hydrogen) atoms. The Balaban J connectivity index is 2.21. The third-order valence-corrected chi connectivity index (χ3v) is 2.51. The first-order chi connectivity index (χ1) is 9.47. The van der Waals surface area contributed by atoms with Crippen molar-refractivity contribution < 1.29 is 19.1 Å². The zero-order valence-electron chi connectivity index (χ0n) is 10.0. The quantitative estimate of drug-likeness (QED) is 0.790. The topological polar surface area (TPSA) is 99.3 Å². The Labute approximate surface area is 111 Å². The highest BCUT2D eigenvalue weighted by atomic mass is 19.1. The first-order valence-electron chi connectivity index (χ1n) is 5.50. The van der Waals surface area contributed by atoms with Crippen molar-refractivity contribution in [3.8, 4) is 0 Å². The standard InChI is InChI=1S/C13H9FN2O4/c14-9-5-7(13(19)20)1-3-10(9)16-12(18)8-2-4-11(17)15-6-8/h1-6H,(H,15,17)(H,16,18)(H,19,20). The number of pyridine rings is 1. The predicted octanol–water partition coefficient (Wildman–Crippen LogP) is 1.46. The molecule has 0 unspecified atom stereocenters. The highest BCUT2D eigenvalue weighted by molar-refractivity contribution is 6.04. The molecular weight excluding hydrogens is 267 g/mol. The molecule has 3 N–H and O–H groups in total. The lowest BCUT2D eigenvalue weighted by molar-refractivity contribution is 0.0696. The van der Waals surface area contributed by atoms with Gasteiger partial charge in [-0.15, -0.1) is 0 Å². The molecule has 0 aliphatic rings. The number of hydrogen-bond donors (Lipinski definition) is 3. The highest BCUT2D eigenvalue weighted by Gasteiger charge is 2.12. The highest BCUT2D eigenvalue weighted by Crippen LogP contribution is 2.16. The predicted molar refractivity (Wildman–Crippen MR) is 68.4 cm³/mol. The van der Waals surface area contributed by atoms with Gasteiger partial charge in [-0.3, -0.25) is 9.59 Å². The molecular formula is C13H9FN2O4. The van der Waals surface area contributed by atoms with E-state index in [0.717, 1.165) is 12.1 Å². The maximum Gasteiger partial charge on any atom is 0.335 e. The summed E-state index contributed by atoms with van der Waals surface area (Å²) in [5, 5.41) is 11.0. The molecule has 1 heterocycles. The summed E-state index contributed by atoms with van der Waals surface area (Å²) in [5.41, 5.74) is -0.583. The molecule has 1 aromatic heterocycles. The van der Waals surface area contributed by atoms with Crippen LogP contribution in [0.3, 0.4) is 0 Å². The first-order valence-corrected chi connectivity index (χ1v) is 5.50. The monoisotopic (exact) mass is 276 g/mol. The van der Waals surface area contributed by atoms with Crippen LogP contribution in [0.25, 0.3) is 0 Å². The number of carbonyl (C=O) groups excluding carboxylic acids is 1. The normalized spacial score (nSPS) is 10.1. The van der Waals surface area contributed by atoms with Gasteiger partial charge in [0.05, 0.1) is 16.8 Å². The number of halogens is 1. The van der Waals surface area contributed by atoms with Gasteiger partial charge in [0.1, 0.15) is 5.82 Å². The minimum atomic E-state index is -1.26. The zero-order valence-corrected chi connectivity index (χ0v) is 10.0. The number of H-pyrrole nitrogens is 1. The van der Waals surface area contributed by atoms with Crippen LogP contribution in [0.5, 0.6) is 0 Å². The number of rotatable bonds is 3. The number of benzene rings is 1. The van der Waals surface area contributed by atoms with Gasteiger partial charge < -0.3 is 15.4 Å². The van der Waals surface area contributed by atoms with Crippen LogP contribution in [-0.4, -0.2) is 22.0 Å². The summed E-state index contributed by atoms with van der Waals surface area (Å²) >= 11 is 0. The second-order valence-corrected chi connectivity index (χ2v) is 3.90. The number of nitrogens with one attached hydrogen (secondary N) is 2. The molecule has 0 fully saturated rings. The molecule has 1 aromatic carbocycles. The van der Waals surface area contributed by atoms with Crippen LogP contribution < -0.4 is 10.9 Å². The molecule has 1 amide bonds. The Morgan fingerprint density at radius 2 is 1.85 bits per heavy atom. The second-order valence-electron chi connectivity index (χ2n) is 3.90. The molecule has 0 bridgehead atoms. The number of aromatic carboxylic acids is 1. The lowest BCUT2D eigenvalue weighted by Crippen LogP contribution is -2.15. The van der Waals surface area contributed by atoms with Gasteiger partial charge in [0.2, 0.25) is 5.56 Å². The Hall–Kier alpha value is -2.96. The third kappa shape index (κ3) is 2.89. The fourth-order valence-electron chi connectivity index (χ4n) is 1.50. The summed E-state index contributed by atoms with van der Waals surface area (Å²) in [6.45, 7) is 0. The van der Waals surface area contributed by atoms with Gasteiger partial charge in [-0.2, -0.15) is 0 Å². The van der Waals surface area contributed by atoms with Gasteiger partial charge in [-0.1, -0.05) is 0 Å². The van der Waals surface area contributed by atoms with Crippen molar-refractivity contribution in [1.82, 2.24) is 4.98 Å². The summed E-state index contributed by atoms with van der Waals surface area (Å²) in [4.78, 5) is 35.6. The third-order valence-electron chi connectivity index (χ3n) is 2.51. The number of carbonyl (C=O) groups is 2. The number of hydrogen-bond acceptors (Lipinski definition) is 3. The smallest absolute Gasteiger partial charge is 0.335 e. The second kappa shape index (κ2) is 5.35. The van der Waals surface area contributed by atoms with Gasteiger partial charge in [-0.05, 0) is 24.3 Å². The first kappa shape index (κ1) is 13.5. The Morgan fingerprint density at radius 3 is 2.40 bits per heavy atom. The maximum absolute atomic E-state index is 13.6. The van der Waals surface area contributed by atoms with Crippen molar-refractivity contribution in [2.75, 3.05) is 5.32 Å². The molecule has 0 atom stereocenters. The van der Waals surface area contributed by atoms with Crippen LogP contribution in [0.1, 0.15) is 20.7 Å². The van der Waals surface area contributed by atoms with E-state index in [1.807, 2.05) is 0 Å². The van der Waals surface area contributed by atoms with E-state index in [9.17, 15) is 18.8 Å². The van der Waals surface area contributed by atoms with E-state index in [0.29, 0.717) is 0 Å². The average Bonchev–Trinajstić information content (AvgIpc) is 2.41. The summed E-state index contributed by atoms with van der Waals surface area (Å²) in [7, 11) is 0. The fraction of sp³-hybridized carbons (Fsp3) is 0. The average molecular weight is 276 g/mol. The largest absolute Gasteiger partial charge is 0.478 e. The van der Waals surface area contributed by atoms with Gasteiger partial charge in [0.25, 0.3) is 5.91 Å². The Bertz CT molecular complexity index is 719. The Kier molecular flexibility index (Phi) is 3.60. The molecule has 0 aliphatic heterocycles. The molecule has 6 nitrogen and oxygen atoms in total. The van der Waals surface area contributed by atoms with E-state index in [2.05, 4.69) is 10.3 Å². The molecule has 2 rings (SSSR count). The van der Waals surface area contributed by atoms with Crippen molar-refractivity contribution in [2.45, 2.75) is 0 Å². The summed E-state index contributed by atoms with van der Waals surface area (Å²) in [6, 6.07) is 5.59. The summed E-state index contributed by atoms with van der Waals surface area (Å²) in [5.74, 6) is -2.74. The van der Waals surface area contributed by atoms with E-state index in [4.69, 9.17) is 5.11 Å². The van der Waals surface area contributed by atoms with E-state index in [1.54, 1.807) is 0 Å². The van der Waals surface area contributed by atoms with Crippen molar-refractivity contribution >= 4 is 17.6 Å². The number of carboxylic acids is 1. The number of anilines is 1. The molecule has 2 aromatic rings. The van der Waals surface area contributed by atoms with Crippen molar-refractivity contribution in [3.63, 3.8) is 0 Å². The molecule has 0 saturated heterocycles. The van der Waals surface area contributed by atoms with E-state index < -0.39 is 17.7 Å². The van der Waals surface area contributed by atoms with Crippen LogP contribution in [-0.2, 0) is 0 Å². The molecule has 0 aliphatic carbocycles. The minimum absolute atomic E-state index is 0.145. The van der Waals surface area contributed by atoms with Crippen LogP contribution >= 0.6 is 0 Å². The van der Waals surface area contributed by atoms with Crippen molar-refractivity contribution in [1.29, 1.82) is 0 Å². The maximum atomic E-state index is 13.6. The molecule has 7 heteroatoms. The van der Waals surface area contributed by atoms with Gasteiger partial charge in [-0.25, -0.2) is 9.18 Å². The van der Waals surface area contributed by atoms with Crippen LogP contribution in [0.4, 0.5) is 10.1 Å².